The first kappa shape index (κ1) is 27.5. The van der Waals surface area contributed by atoms with Crippen LogP contribution in [0, 0.1) is 0 Å². The van der Waals surface area contributed by atoms with Gasteiger partial charge in [-0.25, -0.2) is 4.98 Å². The molecule has 2 heterocycles. The lowest BCUT2D eigenvalue weighted by molar-refractivity contribution is 0.174. The van der Waals surface area contributed by atoms with Crippen LogP contribution in [0.1, 0.15) is 48.7 Å². The monoisotopic (exact) mass is 603 g/mol. The molecule has 206 valence electrons. The highest BCUT2D eigenvalue weighted by atomic mass is 79.9. The summed E-state index contributed by atoms with van der Waals surface area (Å²) in [6.07, 6.45) is 4.82. The van der Waals surface area contributed by atoms with Gasteiger partial charge in [-0.15, -0.1) is 6.58 Å². The van der Waals surface area contributed by atoms with Gasteiger partial charge in [0, 0.05) is 16.0 Å². The Morgan fingerprint density at radius 1 is 1.18 bits per heavy atom. The van der Waals surface area contributed by atoms with Gasteiger partial charge in [-0.2, -0.15) is 9.78 Å². The molecule has 1 aliphatic heterocycles. The highest BCUT2D eigenvalue weighted by Crippen LogP contribution is 2.36. The molecule has 0 aliphatic carbocycles. The zero-order valence-corrected chi connectivity index (χ0v) is 24.2. The SMILES string of the molecule is C=CCc1cc(C=Nn2c([C@@H](C)CC)nc3ccc(Br)cc3c2=O)cc(OC)c1OCc1ccc2c(c1)OCO2. The minimum atomic E-state index is -0.222. The van der Waals surface area contributed by atoms with Crippen LogP contribution < -0.4 is 24.5 Å². The highest BCUT2D eigenvalue weighted by molar-refractivity contribution is 9.10. The van der Waals surface area contributed by atoms with Crippen molar-refractivity contribution in [3.8, 4) is 23.0 Å². The van der Waals surface area contributed by atoms with Crippen molar-refractivity contribution in [3.63, 3.8) is 0 Å². The average Bonchev–Trinajstić information content (AvgIpc) is 3.44. The van der Waals surface area contributed by atoms with Crippen LogP contribution in [0.5, 0.6) is 23.0 Å². The first-order valence-corrected chi connectivity index (χ1v) is 13.8. The van der Waals surface area contributed by atoms with Crippen LogP contribution in [-0.4, -0.2) is 29.8 Å². The molecule has 0 amide bonds. The molecular weight excluding hydrogens is 574 g/mol. The van der Waals surface area contributed by atoms with Crippen molar-refractivity contribution < 1.29 is 18.9 Å². The number of allylic oxidation sites excluding steroid dienone is 1. The van der Waals surface area contributed by atoms with E-state index in [2.05, 4.69) is 34.5 Å². The van der Waals surface area contributed by atoms with Crippen LogP contribution >= 0.6 is 15.9 Å². The predicted octanol–water partition coefficient (Wildman–Crippen LogP) is 6.60. The summed E-state index contributed by atoms with van der Waals surface area (Å²) in [5.41, 5.74) is 3.00. The number of hydrogen-bond donors (Lipinski definition) is 0. The Bertz CT molecular complexity index is 1660. The Kier molecular flexibility index (Phi) is 8.21. The van der Waals surface area contributed by atoms with E-state index in [1.165, 1.54) is 4.68 Å². The summed E-state index contributed by atoms with van der Waals surface area (Å²) in [5.74, 6) is 3.25. The number of benzene rings is 3. The van der Waals surface area contributed by atoms with E-state index in [-0.39, 0.29) is 18.3 Å². The molecule has 5 rings (SSSR count). The molecule has 0 unspecified atom stereocenters. The molecule has 0 spiro atoms. The molecule has 0 saturated carbocycles. The molecule has 0 N–H and O–H groups in total. The third-order valence-electron chi connectivity index (χ3n) is 6.77. The van der Waals surface area contributed by atoms with Gasteiger partial charge in [0.1, 0.15) is 12.4 Å². The minimum Gasteiger partial charge on any atom is -0.493 e. The maximum Gasteiger partial charge on any atom is 0.282 e. The van der Waals surface area contributed by atoms with Gasteiger partial charge < -0.3 is 18.9 Å². The number of nitrogens with zero attached hydrogens (tertiary/aromatic N) is 3. The van der Waals surface area contributed by atoms with Crippen molar-refractivity contribution in [2.24, 2.45) is 5.10 Å². The first-order valence-electron chi connectivity index (χ1n) is 13.0. The Morgan fingerprint density at radius 2 is 2.00 bits per heavy atom. The van der Waals surface area contributed by atoms with Gasteiger partial charge in [-0.05, 0) is 66.4 Å². The zero-order chi connectivity index (χ0) is 28.2. The Labute approximate surface area is 241 Å². The smallest absolute Gasteiger partial charge is 0.282 e. The van der Waals surface area contributed by atoms with Crippen molar-refractivity contribution in [3.05, 3.63) is 98.5 Å². The molecular formula is C31H30BrN3O5. The molecule has 0 bridgehead atoms. The molecule has 0 saturated heterocycles. The molecule has 1 aliphatic rings. The summed E-state index contributed by atoms with van der Waals surface area (Å²) in [7, 11) is 1.60. The molecule has 40 heavy (non-hydrogen) atoms. The third kappa shape index (κ3) is 5.60. The fraction of sp³-hybridized carbons (Fsp3) is 0.258. The molecule has 0 radical (unpaired) electrons. The summed E-state index contributed by atoms with van der Waals surface area (Å²) in [6.45, 7) is 8.54. The van der Waals surface area contributed by atoms with E-state index in [0.717, 1.165) is 33.3 Å². The van der Waals surface area contributed by atoms with Gasteiger partial charge in [0.25, 0.3) is 5.56 Å². The van der Waals surface area contributed by atoms with Crippen molar-refractivity contribution in [1.29, 1.82) is 0 Å². The molecule has 1 atom stereocenters. The lowest BCUT2D eigenvalue weighted by Crippen LogP contribution is -2.23. The van der Waals surface area contributed by atoms with E-state index in [1.54, 1.807) is 25.5 Å². The lowest BCUT2D eigenvalue weighted by Gasteiger charge is -2.16. The topological polar surface area (TPSA) is 84.2 Å². The molecule has 4 aromatic rings. The molecule has 8 nitrogen and oxygen atoms in total. The Balaban J connectivity index is 1.50. The number of halogens is 1. The maximum absolute atomic E-state index is 13.5. The number of fused-ring (bicyclic) bond motifs is 2. The van der Waals surface area contributed by atoms with Crippen molar-refractivity contribution in [1.82, 2.24) is 9.66 Å². The van der Waals surface area contributed by atoms with E-state index in [1.807, 2.05) is 49.4 Å². The van der Waals surface area contributed by atoms with E-state index in [9.17, 15) is 4.79 Å². The molecule has 3 aromatic carbocycles. The summed E-state index contributed by atoms with van der Waals surface area (Å²) in [5, 5.41) is 5.11. The normalized spacial score (nSPS) is 13.1. The van der Waals surface area contributed by atoms with E-state index >= 15 is 0 Å². The largest absolute Gasteiger partial charge is 0.493 e. The second-order valence-corrected chi connectivity index (χ2v) is 10.4. The van der Waals surface area contributed by atoms with Gasteiger partial charge in [0.05, 0.1) is 24.2 Å². The second-order valence-electron chi connectivity index (χ2n) is 9.48. The number of ether oxygens (including phenoxy) is 4. The zero-order valence-electron chi connectivity index (χ0n) is 22.6. The fourth-order valence-electron chi connectivity index (χ4n) is 4.47. The maximum atomic E-state index is 13.5. The van der Waals surface area contributed by atoms with Crippen molar-refractivity contribution in [2.45, 2.75) is 39.2 Å². The van der Waals surface area contributed by atoms with Crippen LogP contribution in [0.15, 0.2) is 75.6 Å². The van der Waals surface area contributed by atoms with Crippen LogP contribution in [0.25, 0.3) is 10.9 Å². The summed E-state index contributed by atoms with van der Waals surface area (Å²) in [6, 6.07) is 15.0. The van der Waals surface area contributed by atoms with Gasteiger partial charge >= 0.3 is 0 Å². The number of rotatable bonds is 10. The van der Waals surface area contributed by atoms with Crippen molar-refractivity contribution >= 4 is 33.0 Å². The van der Waals surface area contributed by atoms with Crippen molar-refractivity contribution in [2.75, 3.05) is 13.9 Å². The van der Waals surface area contributed by atoms with Crippen LogP contribution in [0.4, 0.5) is 0 Å². The predicted molar refractivity (Wildman–Crippen MR) is 159 cm³/mol. The average molecular weight is 605 g/mol. The molecule has 9 heteroatoms. The summed E-state index contributed by atoms with van der Waals surface area (Å²) >= 11 is 3.45. The number of hydrogen-bond acceptors (Lipinski definition) is 7. The minimum absolute atomic E-state index is 0.0377. The number of methoxy groups -OCH3 is 1. The molecule has 0 fully saturated rings. The van der Waals surface area contributed by atoms with Crippen LogP contribution in [0.3, 0.4) is 0 Å². The van der Waals surface area contributed by atoms with E-state index in [4.69, 9.17) is 23.9 Å². The summed E-state index contributed by atoms with van der Waals surface area (Å²) in [4.78, 5) is 18.3. The standard InChI is InChI=1S/C31H30BrN3O5/c1-5-7-22-12-21(14-28(37-4)29(22)38-17-20-8-11-26-27(13-20)40-18-39-26)16-33-35-30(19(3)6-2)34-25-10-9-23(32)15-24(25)31(35)36/h5,8-16,19H,1,6-7,17-18H2,2-4H3/t19-/m0/s1. The van der Waals surface area contributed by atoms with E-state index < -0.39 is 0 Å². The lowest BCUT2D eigenvalue weighted by atomic mass is 10.1. The second kappa shape index (κ2) is 12.0. The first-order chi connectivity index (χ1) is 19.4. The van der Waals surface area contributed by atoms with Crippen LogP contribution in [0.2, 0.25) is 0 Å². The van der Waals surface area contributed by atoms with Gasteiger partial charge in [-0.1, -0.05) is 41.9 Å². The summed E-state index contributed by atoms with van der Waals surface area (Å²) < 4.78 is 25.0. The Hall–Kier alpha value is -4.11. The van der Waals surface area contributed by atoms with Gasteiger partial charge in [-0.3, -0.25) is 4.79 Å². The highest BCUT2D eigenvalue weighted by Gasteiger charge is 2.18. The third-order valence-corrected chi connectivity index (χ3v) is 7.26. The van der Waals surface area contributed by atoms with E-state index in [0.29, 0.717) is 47.0 Å². The number of aromatic nitrogens is 2. The molecule has 1 aromatic heterocycles. The quantitative estimate of drug-likeness (QED) is 0.150. The fourth-order valence-corrected chi connectivity index (χ4v) is 4.83. The van der Waals surface area contributed by atoms with Gasteiger partial charge in [0.15, 0.2) is 23.0 Å². The van der Waals surface area contributed by atoms with Gasteiger partial charge in [0.2, 0.25) is 6.79 Å². The van der Waals surface area contributed by atoms with Crippen LogP contribution in [-0.2, 0) is 13.0 Å². The Morgan fingerprint density at radius 3 is 2.77 bits per heavy atom.